The van der Waals surface area contributed by atoms with Gasteiger partial charge in [-0.25, -0.2) is 8.78 Å². The standard InChI is InChI=1S/C8H9F2NS/c1-11(5-12)8-4-6(9)2-3-7(8)10/h2-4,12H,5H2,1H3. The van der Waals surface area contributed by atoms with Crippen LogP contribution in [0.5, 0.6) is 0 Å². The van der Waals surface area contributed by atoms with Gasteiger partial charge in [-0.2, -0.15) is 12.6 Å². The molecule has 0 radical (unpaired) electrons. The second-order valence-electron chi connectivity index (χ2n) is 2.44. The fraction of sp³-hybridized carbons (Fsp3) is 0.250. The van der Waals surface area contributed by atoms with Crippen molar-refractivity contribution < 1.29 is 8.78 Å². The van der Waals surface area contributed by atoms with Gasteiger partial charge in [-0.15, -0.1) is 0 Å². The fourth-order valence-corrected chi connectivity index (χ4v) is 1.01. The van der Waals surface area contributed by atoms with Crippen LogP contribution in [0.15, 0.2) is 18.2 Å². The SMILES string of the molecule is CN(CS)c1cc(F)ccc1F. The number of anilines is 1. The van der Waals surface area contributed by atoms with Crippen molar-refractivity contribution in [3.63, 3.8) is 0 Å². The number of benzene rings is 1. The highest BCUT2D eigenvalue weighted by molar-refractivity contribution is 7.80. The first-order valence-electron chi connectivity index (χ1n) is 3.42. The van der Waals surface area contributed by atoms with Crippen LogP contribution in [0.2, 0.25) is 0 Å². The summed E-state index contributed by atoms with van der Waals surface area (Å²) in [6.07, 6.45) is 0. The van der Waals surface area contributed by atoms with E-state index in [1.165, 1.54) is 4.90 Å². The molecule has 0 aliphatic heterocycles. The van der Waals surface area contributed by atoms with Gasteiger partial charge in [0.1, 0.15) is 11.6 Å². The molecule has 0 spiro atoms. The largest absolute Gasteiger partial charge is 0.363 e. The predicted molar refractivity (Wildman–Crippen MR) is 48.6 cm³/mol. The summed E-state index contributed by atoms with van der Waals surface area (Å²) in [4.78, 5) is 1.52. The summed E-state index contributed by atoms with van der Waals surface area (Å²) in [7, 11) is 1.64. The molecule has 1 aromatic rings. The van der Waals surface area contributed by atoms with E-state index >= 15 is 0 Å². The molecule has 1 rings (SSSR count). The first-order valence-corrected chi connectivity index (χ1v) is 4.05. The lowest BCUT2D eigenvalue weighted by Crippen LogP contribution is -2.15. The molecule has 0 saturated carbocycles. The monoisotopic (exact) mass is 189 g/mol. The number of thiol groups is 1. The molecule has 12 heavy (non-hydrogen) atoms. The Hall–Kier alpha value is -0.770. The van der Waals surface area contributed by atoms with E-state index in [9.17, 15) is 8.78 Å². The zero-order valence-electron chi connectivity index (χ0n) is 6.59. The normalized spacial score (nSPS) is 10.0. The van der Waals surface area contributed by atoms with Crippen LogP contribution in [-0.2, 0) is 0 Å². The van der Waals surface area contributed by atoms with Gasteiger partial charge >= 0.3 is 0 Å². The minimum Gasteiger partial charge on any atom is -0.363 e. The fourth-order valence-electron chi connectivity index (χ4n) is 0.855. The molecule has 0 aliphatic carbocycles. The highest BCUT2D eigenvalue weighted by Crippen LogP contribution is 2.18. The Kier molecular flexibility index (Phi) is 2.92. The van der Waals surface area contributed by atoms with Gasteiger partial charge in [0.2, 0.25) is 0 Å². The van der Waals surface area contributed by atoms with Crippen molar-refractivity contribution in [1.29, 1.82) is 0 Å². The second kappa shape index (κ2) is 3.76. The Morgan fingerprint density at radius 1 is 1.42 bits per heavy atom. The third kappa shape index (κ3) is 1.88. The van der Waals surface area contributed by atoms with Gasteiger partial charge in [0.15, 0.2) is 0 Å². The Labute approximate surface area is 75.4 Å². The molecule has 0 heterocycles. The number of halogens is 2. The lowest BCUT2D eigenvalue weighted by molar-refractivity contribution is 0.599. The molecular weight excluding hydrogens is 180 g/mol. The minimum atomic E-state index is -0.444. The van der Waals surface area contributed by atoms with E-state index in [1.54, 1.807) is 7.05 Å². The van der Waals surface area contributed by atoms with Crippen LogP contribution in [0.3, 0.4) is 0 Å². The summed E-state index contributed by atoms with van der Waals surface area (Å²) in [5.41, 5.74) is 0.227. The van der Waals surface area contributed by atoms with E-state index in [0.717, 1.165) is 18.2 Å². The van der Waals surface area contributed by atoms with Crippen molar-refractivity contribution in [2.45, 2.75) is 0 Å². The number of hydrogen-bond acceptors (Lipinski definition) is 2. The van der Waals surface area contributed by atoms with Gasteiger partial charge < -0.3 is 4.90 Å². The smallest absolute Gasteiger partial charge is 0.146 e. The van der Waals surface area contributed by atoms with Crippen LogP contribution in [0.1, 0.15) is 0 Å². The van der Waals surface area contributed by atoms with Crippen molar-refractivity contribution >= 4 is 18.3 Å². The lowest BCUT2D eigenvalue weighted by atomic mass is 10.3. The van der Waals surface area contributed by atoms with Crippen molar-refractivity contribution in [2.75, 3.05) is 17.8 Å². The Morgan fingerprint density at radius 3 is 2.67 bits per heavy atom. The van der Waals surface area contributed by atoms with E-state index in [0.29, 0.717) is 5.88 Å². The maximum Gasteiger partial charge on any atom is 0.146 e. The number of rotatable bonds is 2. The summed E-state index contributed by atoms with van der Waals surface area (Å²) in [6, 6.07) is 3.33. The maximum atomic E-state index is 13.0. The summed E-state index contributed by atoms with van der Waals surface area (Å²) in [5, 5.41) is 0. The molecule has 0 atom stereocenters. The molecule has 0 saturated heterocycles. The van der Waals surface area contributed by atoms with Gasteiger partial charge in [0, 0.05) is 13.1 Å². The average molecular weight is 189 g/mol. The topological polar surface area (TPSA) is 3.24 Å². The van der Waals surface area contributed by atoms with Crippen LogP contribution in [0, 0.1) is 11.6 Å². The van der Waals surface area contributed by atoms with Crippen LogP contribution < -0.4 is 4.90 Å². The summed E-state index contributed by atoms with van der Waals surface area (Å²) in [6.45, 7) is 0. The van der Waals surface area contributed by atoms with Crippen LogP contribution in [-0.4, -0.2) is 12.9 Å². The molecule has 66 valence electrons. The third-order valence-corrected chi connectivity index (χ3v) is 1.96. The molecule has 0 aromatic heterocycles. The van der Waals surface area contributed by atoms with Gasteiger partial charge in [-0.1, -0.05) is 0 Å². The van der Waals surface area contributed by atoms with Gasteiger partial charge in [-0.3, -0.25) is 0 Å². The Bertz CT molecular complexity index is 278. The third-order valence-electron chi connectivity index (χ3n) is 1.53. The Morgan fingerprint density at radius 2 is 2.08 bits per heavy atom. The van der Waals surface area contributed by atoms with E-state index in [4.69, 9.17) is 0 Å². The first kappa shape index (κ1) is 9.32. The van der Waals surface area contributed by atoms with Crippen molar-refractivity contribution in [3.05, 3.63) is 29.8 Å². The molecule has 0 fully saturated rings. The average Bonchev–Trinajstić information content (AvgIpc) is 2.08. The molecule has 1 nitrogen and oxygen atoms in total. The lowest BCUT2D eigenvalue weighted by Gasteiger charge is -2.16. The zero-order valence-corrected chi connectivity index (χ0v) is 7.48. The van der Waals surface area contributed by atoms with Crippen LogP contribution in [0.4, 0.5) is 14.5 Å². The molecule has 0 bridgehead atoms. The molecule has 0 amide bonds. The van der Waals surface area contributed by atoms with Gasteiger partial charge in [0.05, 0.1) is 11.6 Å². The van der Waals surface area contributed by atoms with Gasteiger partial charge in [0.25, 0.3) is 0 Å². The number of hydrogen-bond donors (Lipinski definition) is 1. The molecule has 0 N–H and O–H groups in total. The first-order chi connectivity index (χ1) is 5.65. The van der Waals surface area contributed by atoms with E-state index < -0.39 is 11.6 Å². The van der Waals surface area contributed by atoms with E-state index in [-0.39, 0.29) is 5.69 Å². The molecule has 0 unspecified atom stereocenters. The number of nitrogens with zero attached hydrogens (tertiary/aromatic N) is 1. The summed E-state index contributed by atoms with van der Waals surface area (Å²) in [5.74, 6) is -0.534. The van der Waals surface area contributed by atoms with Crippen molar-refractivity contribution in [3.8, 4) is 0 Å². The molecule has 0 aliphatic rings. The Balaban J connectivity index is 3.04. The summed E-state index contributed by atoms with van der Waals surface area (Å²) < 4.78 is 25.6. The van der Waals surface area contributed by atoms with Crippen LogP contribution in [0.25, 0.3) is 0 Å². The van der Waals surface area contributed by atoms with Crippen LogP contribution >= 0.6 is 12.6 Å². The predicted octanol–water partition coefficient (Wildman–Crippen LogP) is 2.29. The highest BCUT2D eigenvalue weighted by atomic mass is 32.1. The van der Waals surface area contributed by atoms with E-state index in [2.05, 4.69) is 12.6 Å². The van der Waals surface area contributed by atoms with Crippen molar-refractivity contribution in [2.24, 2.45) is 0 Å². The van der Waals surface area contributed by atoms with E-state index in [1.807, 2.05) is 0 Å². The summed E-state index contributed by atoms with van der Waals surface area (Å²) >= 11 is 3.95. The second-order valence-corrected chi connectivity index (χ2v) is 2.72. The quantitative estimate of drug-likeness (QED) is 0.552. The van der Waals surface area contributed by atoms with Gasteiger partial charge in [-0.05, 0) is 12.1 Å². The minimum absolute atomic E-state index is 0.227. The molecule has 1 aromatic carbocycles. The van der Waals surface area contributed by atoms with Crippen molar-refractivity contribution in [1.82, 2.24) is 0 Å². The molecular formula is C8H9F2NS. The highest BCUT2D eigenvalue weighted by Gasteiger charge is 2.06. The maximum absolute atomic E-state index is 13.0. The zero-order chi connectivity index (χ0) is 9.14. The molecule has 4 heteroatoms.